The molecule has 29 heavy (non-hydrogen) atoms. The van der Waals surface area contributed by atoms with Crippen molar-refractivity contribution in [3.05, 3.63) is 66.2 Å². The Bertz CT molecular complexity index is 1000. The molecule has 1 saturated heterocycles. The number of amides is 2. The highest BCUT2D eigenvalue weighted by Crippen LogP contribution is 2.21. The monoisotopic (exact) mass is 390 g/mol. The first-order chi connectivity index (χ1) is 14.2. The largest absolute Gasteiger partial charge is 0.336 e. The molecule has 6 nitrogen and oxygen atoms in total. The van der Waals surface area contributed by atoms with Crippen molar-refractivity contribution in [1.29, 1.82) is 0 Å². The summed E-state index contributed by atoms with van der Waals surface area (Å²) in [5.41, 5.74) is 1.79. The third-order valence-electron chi connectivity index (χ3n) is 5.46. The number of pyridine rings is 1. The molecule has 4 rings (SSSR count). The Labute approximate surface area is 170 Å². The Kier molecular flexibility index (Phi) is 5.60. The van der Waals surface area contributed by atoms with Crippen LogP contribution in [0.3, 0.4) is 0 Å². The van der Waals surface area contributed by atoms with Crippen molar-refractivity contribution < 1.29 is 9.59 Å². The number of hydrogen-bond acceptors (Lipinski definition) is 3. The molecule has 0 aliphatic carbocycles. The summed E-state index contributed by atoms with van der Waals surface area (Å²) < 4.78 is 1.75. The van der Waals surface area contributed by atoms with Gasteiger partial charge in [-0.1, -0.05) is 37.1 Å². The predicted molar refractivity (Wildman–Crippen MR) is 113 cm³/mol. The van der Waals surface area contributed by atoms with Crippen LogP contribution in [0.4, 0.5) is 5.69 Å². The second-order valence-electron chi connectivity index (χ2n) is 7.33. The van der Waals surface area contributed by atoms with E-state index in [4.69, 9.17) is 0 Å². The lowest BCUT2D eigenvalue weighted by atomic mass is 10.2. The number of para-hydroxylation sites is 1. The second kappa shape index (κ2) is 8.47. The van der Waals surface area contributed by atoms with Crippen molar-refractivity contribution in [2.75, 3.05) is 24.5 Å². The fraction of sp³-hybridized carbons (Fsp3) is 0.348. The van der Waals surface area contributed by atoms with Crippen LogP contribution < -0.4 is 4.90 Å². The molecule has 2 amide bonds. The average Bonchev–Trinajstić information content (AvgIpc) is 2.94. The summed E-state index contributed by atoms with van der Waals surface area (Å²) in [5, 5.41) is 0. The van der Waals surface area contributed by atoms with Gasteiger partial charge in [0.05, 0.1) is 5.52 Å². The molecule has 0 unspecified atom stereocenters. The highest BCUT2D eigenvalue weighted by Gasteiger charge is 2.27. The molecule has 2 aromatic heterocycles. The molecule has 3 heterocycles. The van der Waals surface area contributed by atoms with Gasteiger partial charge in [0.25, 0.3) is 11.8 Å². The average molecular weight is 390 g/mol. The summed E-state index contributed by atoms with van der Waals surface area (Å²) in [4.78, 5) is 34.7. The SMILES string of the molecule is CCN(C(=O)c1nc(C(=O)N2CCCCCC2)n2ccccc12)c1ccccc1. The third kappa shape index (κ3) is 3.75. The lowest BCUT2D eigenvalue weighted by Gasteiger charge is -2.20. The van der Waals surface area contributed by atoms with E-state index in [1.54, 1.807) is 9.30 Å². The van der Waals surface area contributed by atoms with Crippen LogP contribution in [-0.2, 0) is 0 Å². The molecule has 150 valence electrons. The van der Waals surface area contributed by atoms with E-state index in [1.165, 1.54) is 0 Å². The van der Waals surface area contributed by atoms with Gasteiger partial charge in [0.1, 0.15) is 0 Å². The molecule has 1 aliphatic rings. The normalized spacial score (nSPS) is 14.6. The molecule has 3 aromatic rings. The molecule has 0 spiro atoms. The van der Waals surface area contributed by atoms with E-state index < -0.39 is 0 Å². The van der Waals surface area contributed by atoms with Gasteiger partial charge in [-0.3, -0.25) is 14.0 Å². The van der Waals surface area contributed by atoms with E-state index in [-0.39, 0.29) is 11.8 Å². The van der Waals surface area contributed by atoms with Crippen LogP contribution in [0.1, 0.15) is 53.7 Å². The van der Waals surface area contributed by atoms with Gasteiger partial charge in [-0.05, 0) is 44.0 Å². The van der Waals surface area contributed by atoms with Gasteiger partial charge in [-0.2, -0.15) is 0 Å². The molecule has 0 N–H and O–H groups in total. The molecule has 0 atom stereocenters. The van der Waals surface area contributed by atoms with Crippen LogP contribution in [0.15, 0.2) is 54.7 Å². The van der Waals surface area contributed by atoms with E-state index in [0.29, 0.717) is 23.6 Å². The standard InChI is InChI=1S/C23H26N4O2/c1-2-26(18-12-6-5-7-13-18)22(28)20-19-14-8-11-17-27(19)21(24-20)23(29)25-15-9-3-4-10-16-25/h5-8,11-14,17H,2-4,9-10,15-16H2,1H3. The van der Waals surface area contributed by atoms with Crippen molar-refractivity contribution in [2.24, 2.45) is 0 Å². The summed E-state index contributed by atoms with van der Waals surface area (Å²) >= 11 is 0. The van der Waals surface area contributed by atoms with Crippen molar-refractivity contribution in [1.82, 2.24) is 14.3 Å². The zero-order chi connectivity index (χ0) is 20.2. The number of carbonyl (C=O) groups excluding carboxylic acids is 2. The van der Waals surface area contributed by atoms with E-state index in [1.807, 2.05) is 66.6 Å². The van der Waals surface area contributed by atoms with Crippen LogP contribution in [-0.4, -0.2) is 45.7 Å². The van der Waals surface area contributed by atoms with Crippen LogP contribution in [0.25, 0.3) is 5.52 Å². The molecule has 6 heteroatoms. The molecule has 0 bridgehead atoms. The quantitative estimate of drug-likeness (QED) is 0.676. The van der Waals surface area contributed by atoms with Gasteiger partial charge in [0.15, 0.2) is 5.69 Å². The maximum Gasteiger partial charge on any atom is 0.290 e. The fourth-order valence-electron chi connectivity index (χ4n) is 3.94. The zero-order valence-corrected chi connectivity index (χ0v) is 16.8. The van der Waals surface area contributed by atoms with Crippen LogP contribution in [0, 0.1) is 0 Å². The molecule has 0 radical (unpaired) electrons. The van der Waals surface area contributed by atoms with Crippen LogP contribution in [0.2, 0.25) is 0 Å². The first kappa shape index (κ1) is 19.2. The second-order valence-corrected chi connectivity index (χ2v) is 7.33. The Balaban J connectivity index is 1.74. The number of rotatable bonds is 4. The number of nitrogens with zero attached hydrogens (tertiary/aromatic N) is 4. The lowest BCUT2D eigenvalue weighted by molar-refractivity contribution is 0.0748. The van der Waals surface area contributed by atoms with Gasteiger partial charge in [0.2, 0.25) is 5.82 Å². The molecule has 0 saturated carbocycles. The number of fused-ring (bicyclic) bond motifs is 1. The minimum absolute atomic E-state index is 0.102. The fourth-order valence-corrected chi connectivity index (χ4v) is 3.94. The Morgan fingerprint density at radius 2 is 1.66 bits per heavy atom. The zero-order valence-electron chi connectivity index (χ0n) is 16.8. The molecular weight excluding hydrogens is 364 g/mol. The number of benzene rings is 1. The van der Waals surface area contributed by atoms with E-state index in [2.05, 4.69) is 4.98 Å². The maximum atomic E-state index is 13.4. The first-order valence-electron chi connectivity index (χ1n) is 10.3. The minimum atomic E-state index is -0.197. The topological polar surface area (TPSA) is 57.9 Å². The third-order valence-corrected chi connectivity index (χ3v) is 5.46. The Hall–Kier alpha value is -3.15. The predicted octanol–water partition coefficient (Wildman–Crippen LogP) is 4.02. The van der Waals surface area contributed by atoms with Gasteiger partial charge >= 0.3 is 0 Å². The highest BCUT2D eigenvalue weighted by atomic mass is 16.2. The summed E-state index contributed by atoms with van der Waals surface area (Å²) in [5.74, 6) is 0.0159. The number of aromatic nitrogens is 2. The first-order valence-corrected chi connectivity index (χ1v) is 10.3. The van der Waals surface area contributed by atoms with Crippen LogP contribution in [0.5, 0.6) is 0 Å². The van der Waals surface area contributed by atoms with Crippen LogP contribution >= 0.6 is 0 Å². The van der Waals surface area contributed by atoms with E-state index >= 15 is 0 Å². The molecule has 1 aromatic carbocycles. The number of carbonyl (C=O) groups is 2. The summed E-state index contributed by atoms with van der Waals surface area (Å²) in [6.45, 7) is 3.94. The summed E-state index contributed by atoms with van der Waals surface area (Å²) in [6, 6.07) is 15.1. The molecule has 1 aliphatic heterocycles. The Morgan fingerprint density at radius 1 is 0.966 bits per heavy atom. The molecule has 1 fully saturated rings. The van der Waals surface area contributed by atoms with Gasteiger partial charge in [0, 0.05) is 31.5 Å². The smallest absolute Gasteiger partial charge is 0.290 e. The van der Waals surface area contributed by atoms with Gasteiger partial charge < -0.3 is 9.80 Å². The van der Waals surface area contributed by atoms with Crippen molar-refractivity contribution in [3.63, 3.8) is 0 Å². The minimum Gasteiger partial charge on any atom is -0.336 e. The van der Waals surface area contributed by atoms with Crippen molar-refractivity contribution in [2.45, 2.75) is 32.6 Å². The van der Waals surface area contributed by atoms with Gasteiger partial charge in [-0.15, -0.1) is 0 Å². The lowest BCUT2D eigenvalue weighted by Crippen LogP contribution is -2.33. The Morgan fingerprint density at radius 3 is 2.34 bits per heavy atom. The number of likely N-dealkylation sites (tertiary alicyclic amines) is 1. The number of hydrogen-bond donors (Lipinski definition) is 0. The summed E-state index contributed by atoms with van der Waals surface area (Å²) in [7, 11) is 0. The summed E-state index contributed by atoms with van der Waals surface area (Å²) in [6.07, 6.45) is 6.14. The van der Waals surface area contributed by atoms with E-state index in [9.17, 15) is 9.59 Å². The number of anilines is 1. The van der Waals surface area contributed by atoms with Crippen molar-refractivity contribution in [3.8, 4) is 0 Å². The van der Waals surface area contributed by atoms with E-state index in [0.717, 1.165) is 44.5 Å². The number of imidazole rings is 1. The highest BCUT2D eigenvalue weighted by molar-refractivity contribution is 6.10. The molecular formula is C23H26N4O2. The van der Waals surface area contributed by atoms with Crippen molar-refractivity contribution >= 4 is 23.0 Å². The maximum absolute atomic E-state index is 13.4. The van der Waals surface area contributed by atoms with Gasteiger partial charge in [-0.25, -0.2) is 4.98 Å².